The number of carboxylic acid groups (broad SMARTS) is 1. The number of carbonyl (C=O) groups excluding carboxylic acids is 2. The molecule has 0 saturated heterocycles. The maximum absolute atomic E-state index is 11.9. The third-order valence-corrected chi connectivity index (χ3v) is 2.25. The van der Waals surface area contributed by atoms with Gasteiger partial charge in [-0.1, -0.05) is 0 Å². The van der Waals surface area contributed by atoms with Crippen molar-refractivity contribution in [1.82, 2.24) is 9.88 Å². The highest BCUT2D eigenvalue weighted by atomic mass is 16.4. The lowest BCUT2D eigenvalue weighted by Crippen LogP contribution is -2.38. The monoisotopic (exact) mass is 251 g/mol. The van der Waals surface area contributed by atoms with Gasteiger partial charge >= 0.3 is 5.97 Å². The molecule has 2 amide bonds. The van der Waals surface area contributed by atoms with E-state index in [2.05, 4.69) is 4.98 Å². The lowest BCUT2D eigenvalue weighted by atomic mass is 10.2. The summed E-state index contributed by atoms with van der Waals surface area (Å²) in [5.74, 6) is -2.20. The van der Waals surface area contributed by atoms with E-state index in [4.69, 9.17) is 10.8 Å². The van der Waals surface area contributed by atoms with Crippen LogP contribution in [-0.2, 0) is 4.79 Å². The lowest BCUT2D eigenvalue weighted by molar-refractivity contribution is -0.118. The number of pyridine rings is 1. The largest absolute Gasteiger partial charge is 0.478 e. The number of primary amides is 1. The molecule has 0 aliphatic heterocycles. The molecule has 0 aliphatic carbocycles. The number of carbonyl (C=O) groups is 3. The first-order valence-corrected chi connectivity index (χ1v) is 5.22. The van der Waals surface area contributed by atoms with Gasteiger partial charge in [-0.3, -0.25) is 14.6 Å². The first-order chi connectivity index (χ1) is 8.45. The number of aromatic carboxylic acids is 1. The van der Waals surface area contributed by atoms with E-state index in [1.54, 1.807) is 6.92 Å². The highest BCUT2D eigenvalue weighted by Crippen LogP contribution is 2.04. The minimum atomic E-state index is -1.12. The molecule has 96 valence electrons. The Morgan fingerprint density at radius 3 is 2.44 bits per heavy atom. The van der Waals surface area contributed by atoms with Crippen molar-refractivity contribution in [3.8, 4) is 0 Å². The molecule has 0 fully saturated rings. The molecule has 0 bridgehead atoms. The van der Waals surface area contributed by atoms with Crippen molar-refractivity contribution in [3.05, 3.63) is 29.6 Å². The topological polar surface area (TPSA) is 114 Å². The summed E-state index contributed by atoms with van der Waals surface area (Å²) in [6, 6.07) is 2.58. The number of hydrogen-bond acceptors (Lipinski definition) is 4. The highest BCUT2D eigenvalue weighted by molar-refractivity contribution is 5.95. The van der Waals surface area contributed by atoms with Crippen LogP contribution in [0, 0.1) is 0 Å². The summed E-state index contributed by atoms with van der Waals surface area (Å²) in [5, 5.41) is 8.69. The van der Waals surface area contributed by atoms with E-state index in [1.165, 1.54) is 17.0 Å². The van der Waals surface area contributed by atoms with E-state index in [9.17, 15) is 14.4 Å². The molecule has 0 saturated carbocycles. The van der Waals surface area contributed by atoms with E-state index in [-0.39, 0.29) is 17.8 Å². The predicted octanol–water partition coefficient (Wildman–Crippen LogP) is -0.273. The van der Waals surface area contributed by atoms with Crippen molar-refractivity contribution in [2.75, 3.05) is 13.1 Å². The molecule has 1 rings (SSSR count). The van der Waals surface area contributed by atoms with Crippen LogP contribution in [0.4, 0.5) is 0 Å². The van der Waals surface area contributed by atoms with Crippen molar-refractivity contribution in [3.63, 3.8) is 0 Å². The normalized spacial score (nSPS) is 9.83. The van der Waals surface area contributed by atoms with Crippen LogP contribution in [0.25, 0.3) is 0 Å². The zero-order valence-electron chi connectivity index (χ0n) is 9.79. The Hall–Kier alpha value is -2.44. The van der Waals surface area contributed by atoms with Crippen LogP contribution in [0.3, 0.4) is 0 Å². The predicted molar refractivity (Wildman–Crippen MR) is 62.0 cm³/mol. The van der Waals surface area contributed by atoms with Gasteiger partial charge in [0.25, 0.3) is 5.91 Å². The molecule has 1 aromatic heterocycles. The molecule has 3 N–H and O–H groups in total. The molecule has 0 aromatic carbocycles. The van der Waals surface area contributed by atoms with Gasteiger partial charge in [0.05, 0.1) is 12.1 Å². The number of rotatable bonds is 5. The van der Waals surface area contributed by atoms with E-state index in [1.807, 2.05) is 0 Å². The Bertz CT molecular complexity index is 470. The van der Waals surface area contributed by atoms with Crippen molar-refractivity contribution in [1.29, 1.82) is 0 Å². The standard InChI is InChI=1S/C11H13N3O4/c1-2-14(6-9(12)15)10(16)8-4-3-7(5-13-8)11(17)18/h3-5H,2,6H2,1H3,(H2,12,15)(H,17,18). The smallest absolute Gasteiger partial charge is 0.337 e. The summed E-state index contributed by atoms with van der Waals surface area (Å²) in [7, 11) is 0. The average Bonchev–Trinajstić information content (AvgIpc) is 2.35. The average molecular weight is 251 g/mol. The minimum absolute atomic E-state index is 0.00972. The third kappa shape index (κ3) is 3.27. The molecule has 0 radical (unpaired) electrons. The van der Waals surface area contributed by atoms with E-state index < -0.39 is 17.8 Å². The van der Waals surface area contributed by atoms with Gasteiger partial charge in [0.15, 0.2) is 0 Å². The highest BCUT2D eigenvalue weighted by Gasteiger charge is 2.17. The van der Waals surface area contributed by atoms with Crippen LogP contribution < -0.4 is 5.73 Å². The number of nitrogens with two attached hydrogens (primary N) is 1. The number of nitrogens with zero attached hydrogens (tertiary/aromatic N) is 2. The second-order valence-corrected chi connectivity index (χ2v) is 3.52. The van der Waals surface area contributed by atoms with Crippen LogP contribution in [0.5, 0.6) is 0 Å². The first kappa shape index (κ1) is 13.6. The molecule has 0 aliphatic rings. The Labute approximate surface area is 103 Å². The van der Waals surface area contributed by atoms with E-state index in [0.29, 0.717) is 6.54 Å². The fourth-order valence-corrected chi connectivity index (χ4v) is 1.32. The molecule has 7 nitrogen and oxygen atoms in total. The molecule has 1 heterocycles. The van der Waals surface area contributed by atoms with Gasteiger partial charge in [-0.15, -0.1) is 0 Å². The van der Waals surface area contributed by atoms with Crippen molar-refractivity contribution in [2.45, 2.75) is 6.92 Å². The first-order valence-electron chi connectivity index (χ1n) is 5.22. The third-order valence-electron chi connectivity index (χ3n) is 2.25. The maximum Gasteiger partial charge on any atom is 0.337 e. The van der Waals surface area contributed by atoms with Gasteiger partial charge in [0.1, 0.15) is 5.69 Å². The van der Waals surface area contributed by atoms with Crippen LogP contribution in [-0.4, -0.2) is 45.9 Å². The quantitative estimate of drug-likeness (QED) is 0.747. The van der Waals surface area contributed by atoms with Gasteiger partial charge in [-0.05, 0) is 19.1 Å². The van der Waals surface area contributed by atoms with Crippen LogP contribution in [0.1, 0.15) is 27.8 Å². The number of aromatic nitrogens is 1. The van der Waals surface area contributed by atoms with Crippen molar-refractivity contribution >= 4 is 17.8 Å². The van der Waals surface area contributed by atoms with Crippen LogP contribution >= 0.6 is 0 Å². The molecule has 1 aromatic rings. The second-order valence-electron chi connectivity index (χ2n) is 3.52. The molecular weight excluding hydrogens is 238 g/mol. The van der Waals surface area contributed by atoms with E-state index >= 15 is 0 Å². The fourth-order valence-electron chi connectivity index (χ4n) is 1.32. The summed E-state index contributed by atoms with van der Waals surface area (Å²) in [5.41, 5.74) is 5.08. The number of hydrogen-bond donors (Lipinski definition) is 2. The van der Waals surface area contributed by atoms with E-state index in [0.717, 1.165) is 6.20 Å². The number of carboxylic acids is 1. The molecular formula is C11H13N3O4. The van der Waals surface area contributed by atoms with Crippen molar-refractivity contribution < 1.29 is 19.5 Å². The number of amides is 2. The molecule has 0 spiro atoms. The summed E-state index contributed by atoms with van der Waals surface area (Å²) < 4.78 is 0. The zero-order valence-corrected chi connectivity index (χ0v) is 9.79. The molecule has 0 atom stereocenters. The minimum Gasteiger partial charge on any atom is -0.478 e. The Balaban J connectivity index is 2.88. The summed E-state index contributed by atoms with van der Waals surface area (Å²) in [6.45, 7) is 1.81. The fraction of sp³-hybridized carbons (Fsp3) is 0.273. The second kappa shape index (κ2) is 5.76. The Kier molecular flexibility index (Phi) is 4.36. The van der Waals surface area contributed by atoms with Gasteiger partial charge in [0, 0.05) is 12.7 Å². The Morgan fingerprint density at radius 1 is 1.39 bits per heavy atom. The molecule has 0 unspecified atom stereocenters. The summed E-state index contributed by atoms with van der Waals surface area (Å²) >= 11 is 0. The number of likely N-dealkylation sites (N-methyl/N-ethyl adjacent to an activating group) is 1. The maximum atomic E-state index is 11.9. The Morgan fingerprint density at radius 2 is 2.06 bits per heavy atom. The van der Waals surface area contributed by atoms with Crippen molar-refractivity contribution in [2.24, 2.45) is 5.73 Å². The molecule has 18 heavy (non-hydrogen) atoms. The summed E-state index contributed by atoms with van der Waals surface area (Å²) in [6.07, 6.45) is 1.09. The van der Waals surface area contributed by atoms with Crippen LogP contribution in [0.2, 0.25) is 0 Å². The lowest BCUT2D eigenvalue weighted by Gasteiger charge is -2.18. The molecule has 7 heteroatoms. The summed E-state index contributed by atoms with van der Waals surface area (Å²) in [4.78, 5) is 38.3. The van der Waals surface area contributed by atoms with Gasteiger partial charge in [0.2, 0.25) is 5.91 Å². The van der Waals surface area contributed by atoms with Gasteiger partial charge < -0.3 is 15.7 Å². The van der Waals surface area contributed by atoms with Gasteiger partial charge in [-0.25, -0.2) is 4.79 Å². The van der Waals surface area contributed by atoms with Crippen LogP contribution in [0.15, 0.2) is 18.3 Å². The van der Waals surface area contributed by atoms with Gasteiger partial charge in [-0.2, -0.15) is 0 Å². The zero-order chi connectivity index (χ0) is 13.7. The SMILES string of the molecule is CCN(CC(N)=O)C(=O)c1ccc(C(=O)O)cn1.